The van der Waals surface area contributed by atoms with Gasteiger partial charge >= 0.3 is 0 Å². The van der Waals surface area contributed by atoms with E-state index >= 15 is 0 Å². The first-order valence-electron chi connectivity index (χ1n) is 7.76. The van der Waals surface area contributed by atoms with E-state index < -0.39 is 0 Å². The van der Waals surface area contributed by atoms with Gasteiger partial charge in [0, 0.05) is 42.0 Å². The normalized spacial score (nSPS) is 12.4. The second kappa shape index (κ2) is 7.29. The summed E-state index contributed by atoms with van der Waals surface area (Å²) < 4.78 is 19.2. The molecular formula is C17H23FN2O2. The van der Waals surface area contributed by atoms with E-state index in [1.807, 2.05) is 27.0 Å². The molecule has 2 rings (SSSR count). The van der Waals surface area contributed by atoms with Crippen LogP contribution in [0.5, 0.6) is 5.75 Å². The van der Waals surface area contributed by atoms with E-state index in [9.17, 15) is 9.18 Å². The summed E-state index contributed by atoms with van der Waals surface area (Å²) in [6, 6.07) is 3.18. The number of halogens is 1. The average molecular weight is 306 g/mol. The number of benzene rings is 1. The van der Waals surface area contributed by atoms with E-state index in [1.165, 1.54) is 6.07 Å². The van der Waals surface area contributed by atoms with Crippen molar-refractivity contribution in [1.82, 2.24) is 10.3 Å². The average Bonchev–Trinajstić information content (AvgIpc) is 2.88. The molecule has 0 fully saturated rings. The van der Waals surface area contributed by atoms with Gasteiger partial charge in [0.05, 0.1) is 6.61 Å². The van der Waals surface area contributed by atoms with Crippen molar-refractivity contribution in [1.29, 1.82) is 0 Å². The number of carbonyl (C=O) groups excluding carboxylic acids is 1. The fraction of sp³-hybridized carbons (Fsp3) is 0.471. The third-order valence-electron chi connectivity index (χ3n) is 3.68. The fourth-order valence-corrected chi connectivity index (χ4v) is 2.51. The highest BCUT2D eigenvalue weighted by Crippen LogP contribution is 2.30. The predicted octanol–water partition coefficient (Wildman–Crippen LogP) is 3.73. The van der Waals surface area contributed by atoms with Crippen molar-refractivity contribution in [2.24, 2.45) is 0 Å². The van der Waals surface area contributed by atoms with Crippen LogP contribution in [0.2, 0.25) is 0 Å². The van der Waals surface area contributed by atoms with Crippen LogP contribution in [0.3, 0.4) is 0 Å². The Hall–Kier alpha value is -2.04. The zero-order valence-electron chi connectivity index (χ0n) is 13.3. The minimum absolute atomic E-state index is 0.0650. The van der Waals surface area contributed by atoms with Gasteiger partial charge in [0.1, 0.15) is 0 Å². The topological polar surface area (TPSA) is 54.1 Å². The Morgan fingerprint density at radius 3 is 2.86 bits per heavy atom. The molecule has 1 heterocycles. The summed E-state index contributed by atoms with van der Waals surface area (Å²) in [5.41, 5.74) is 1.79. The third-order valence-corrected chi connectivity index (χ3v) is 3.68. The first-order valence-corrected chi connectivity index (χ1v) is 7.76. The maximum Gasteiger partial charge on any atom is 0.220 e. The van der Waals surface area contributed by atoms with Gasteiger partial charge in [0.25, 0.3) is 0 Å². The molecule has 1 aromatic carbocycles. The molecule has 1 amide bonds. The lowest BCUT2D eigenvalue weighted by Gasteiger charge is -2.12. The molecule has 1 unspecified atom stereocenters. The molecule has 2 N–H and O–H groups in total. The molecule has 5 heteroatoms. The lowest BCUT2D eigenvalue weighted by molar-refractivity contribution is -0.121. The third kappa shape index (κ3) is 3.59. The van der Waals surface area contributed by atoms with Crippen LogP contribution >= 0.6 is 0 Å². The number of amides is 1. The number of aromatic nitrogens is 1. The van der Waals surface area contributed by atoms with Crippen molar-refractivity contribution in [2.45, 2.75) is 39.5 Å². The number of ether oxygens (including phenoxy) is 1. The highest BCUT2D eigenvalue weighted by Gasteiger charge is 2.15. The van der Waals surface area contributed by atoms with Gasteiger partial charge < -0.3 is 15.0 Å². The molecule has 0 saturated carbocycles. The Kier molecular flexibility index (Phi) is 5.41. The molecule has 0 aliphatic carbocycles. The minimum atomic E-state index is -0.369. The summed E-state index contributed by atoms with van der Waals surface area (Å²) >= 11 is 0. The van der Waals surface area contributed by atoms with Crippen LogP contribution in [-0.4, -0.2) is 24.0 Å². The number of aromatic amines is 1. The Balaban J connectivity index is 2.20. The molecule has 1 atom stereocenters. The van der Waals surface area contributed by atoms with E-state index in [0.29, 0.717) is 19.6 Å². The van der Waals surface area contributed by atoms with Crippen LogP contribution < -0.4 is 10.1 Å². The zero-order chi connectivity index (χ0) is 16.1. The van der Waals surface area contributed by atoms with Gasteiger partial charge in [-0.25, -0.2) is 4.39 Å². The number of nitrogens with one attached hydrogen (secondary N) is 2. The predicted molar refractivity (Wildman–Crippen MR) is 85.8 cm³/mol. The number of fused-ring (bicyclic) bond motifs is 1. The van der Waals surface area contributed by atoms with Crippen LogP contribution in [0.1, 0.15) is 45.1 Å². The summed E-state index contributed by atoms with van der Waals surface area (Å²) in [4.78, 5) is 14.7. The van der Waals surface area contributed by atoms with E-state index in [1.54, 1.807) is 6.07 Å². The summed E-state index contributed by atoms with van der Waals surface area (Å²) in [5.74, 6) is 0.0921. The molecule has 0 radical (unpaired) electrons. The van der Waals surface area contributed by atoms with Crippen molar-refractivity contribution in [3.05, 3.63) is 29.7 Å². The van der Waals surface area contributed by atoms with Crippen molar-refractivity contribution in [3.8, 4) is 5.75 Å². The first kappa shape index (κ1) is 16.3. The van der Waals surface area contributed by atoms with Gasteiger partial charge in [-0.05, 0) is 25.0 Å². The van der Waals surface area contributed by atoms with Crippen LogP contribution in [0.15, 0.2) is 18.3 Å². The van der Waals surface area contributed by atoms with Gasteiger partial charge in [0.2, 0.25) is 5.91 Å². The van der Waals surface area contributed by atoms with Gasteiger partial charge in [0.15, 0.2) is 11.6 Å². The zero-order valence-corrected chi connectivity index (χ0v) is 13.3. The maximum atomic E-state index is 13.9. The number of rotatable bonds is 7. The Bertz CT molecular complexity index is 651. The Morgan fingerprint density at radius 2 is 2.18 bits per heavy atom. The van der Waals surface area contributed by atoms with Crippen molar-refractivity contribution >= 4 is 16.8 Å². The van der Waals surface area contributed by atoms with E-state index in [0.717, 1.165) is 22.9 Å². The van der Waals surface area contributed by atoms with Gasteiger partial charge in [-0.2, -0.15) is 0 Å². The quantitative estimate of drug-likeness (QED) is 0.819. The molecular weight excluding hydrogens is 283 g/mol. The lowest BCUT2D eigenvalue weighted by atomic mass is 10.00. The highest BCUT2D eigenvalue weighted by molar-refractivity contribution is 5.85. The molecule has 0 aliphatic rings. The molecule has 4 nitrogen and oxygen atoms in total. The molecule has 0 saturated heterocycles. The second-order valence-corrected chi connectivity index (χ2v) is 5.46. The number of hydrogen-bond donors (Lipinski definition) is 2. The molecule has 120 valence electrons. The molecule has 2 aromatic rings. The van der Waals surface area contributed by atoms with Crippen LogP contribution in [0.4, 0.5) is 4.39 Å². The van der Waals surface area contributed by atoms with E-state index in [-0.39, 0.29) is 23.4 Å². The van der Waals surface area contributed by atoms with E-state index in [4.69, 9.17) is 4.74 Å². The van der Waals surface area contributed by atoms with Gasteiger partial charge in [-0.3, -0.25) is 4.79 Å². The van der Waals surface area contributed by atoms with Crippen molar-refractivity contribution in [2.75, 3.05) is 13.2 Å². The number of hydrogen-bond acceptors (Lipinski definition) is 2. The van der Waals surface area contributed by atoms with Gasteiger partial charge in [-0.1, -0.05) is 13.8 Å². The van der Waals surface area contributed by atoms with Crippen molar-refractivity contribution < 1.29 is 13.9 Å². The first-order chi connectivity index (χ1) is 10.6. The SMILES string of the molecule is CCCC(=O)NCC(C)c1c[nH]c2cc(F)c(OCC)cc12. The Morgan fingerprint density at radius 1 is 1.41 bits per heavy atom. The molecule has 0 bridgehead atoms. The number of H-pyrrole nitrogens is 1. The smallest absolute Gasteiger partial charge is 0.220 e. The lowest BCUT2D eigenvalue weighted by Crippen LogP contribution is -2.26. The van der Waals surface area contributed by atoms with Crippen LogP contribution in [-0.2, 0) is 4.79 Å². The summed E-state index contributed by atoms with van der Waals surface area (Å²) in [5, 5.41) is 3.86. The maximum absolute atomic E-state index is 13.9. The minimum Gasteiger partial charge on any atom is -0.491 e. The molecule has 0 aliphatic heterocycles. The monoisotopic (exact) mass is 306 g/mol. The summed E-state index contributed by atoms with van der Waals surface area (Å²) in [6.07, 6.45) is 3.25. The molecule has 22 heavy (non-hydrogen) atoms. The van der Waals surface area contributed by atoms with Crippen molar-refractivity contribution in [3.63, 3.8) is 0 Å². The number of carbonyl (C=O) groups is 1. The fourth-order valence-electron chi connectivity index (χ4n) is 2.51. The van der Waals surface area contributed by atoms with Gasteiger partial charge in [-0.15, -0.1) is 0 Å². The summed E-state index contributed by atoms with van der Waals surface area (Å²) in [6.45, 7) is 6.83. The van der Waals surface area contributed by atoms with E-state index in [2.05, 4.69) is 10.3 Å². The molecule has 0 spiro atoms. The Labute approximate surface area is 130 Å². The standard InChI is InChI=1S/C17H23FN2O2/c1-4-6-17(21)20-9-11(3)13-10-19-15-8-14(18)16(22-5-2)7-12(13)15/h7-8,10-11,19H,4-6,9H2,1-3H3,(H,20,21). The van der Waals surface area contributed by atoms with Crippen LogP contribution in [0, 0.1) is 5.82 Å². The second-order valence-electron chi connectivity index (χ2n) is 5.46. The largest absolute Gasteiger partial charge is 0.491 e. The summed E-state index contributed by atoms with van der Waals surface area (Å²) in [7, 11) is 0. The van der Waals surface area contributed by atoms with Crippen LogP contribution in [0.25, 0.3) is 10.9 Å². The molecule has 1 aromatic heterocycles. The highest BCUT2D eigenvalue weighted by atomic mass is 19.1.